The van der Waals surface area contributed by atoms with Crippen LogP contribution in [0, 0.1) is 5.92 Å². The molecule has 2 aromatic carbocycles. The quantitative estimate of drug-likeness (QED) is 0.266. The Bertz CT molecular complexity index is 1260. The van der Waals surface area contributed by atoms with Crippen LogP contribution in [0.4, 0.5) is 15.5 Å². The summed E-state index contributed by atoms with van der Waals surface area (Å²) in [6.45, 7) is 0. The first kappa shape index (κ1) is 27.0. The number of halogens is 2. The molecule has 1 heterocycles. The van der Waals surface area contributed by atoms with Crippen molar-refractivity contribution in [1.29, 1.82) is 0 Å². The third-order valence-electron chi connectivity index (χ3n) is 6.33. The largest absolute Gasteiger partial charge is 0.467 e. The zero-order valence-corrected chi connectivity index (χ0v) is 22.5. The Morgan fingerprint density at radius 3 is 2.27 bits per heavy atom. The molecule has 0 radical (unpaired) electrons. The molecule has 1 fully saturated rings. The lowest BCUT2D eigenvalue weighted by molar-refractivity contribution is -0.144. The summed E-state index contributed by atoms with van der Waals surface area (Å²) in [4.78, 5) is 39.8. The number of para-hydroxylation sites is 1. The number of amides is 3. The van der Waals surface area contributed by atoms with Crippen LogP contribution in [0.2, 0.25) is 10.0 Å². The van der Waals surface area contributed by atoms with E-state index in [9.17, 15) is 14.4 Å². The van der Waals surface area contributed by atoms with Crippen LogP contribution < -0.4 is 16.0 Å². The number of thiophene rings is 1. The van der Waals surface area contributed by atoms with Gasteiger partial charge in [0.25, 0.3) is 5.91 Å². The molecule has 3 N–H and O–H groups in total. The molecule has 10 heteroatoms. The van der Waals surface area contributed by atoms with E-state index in [1.807, 2.05) is 30.3 Å². The molecular formula is C27H27Cl2N3O4S. The second-order valence-electron chi connectivity index (χ2n) is 8.77. The van der Waals surface area contributed by atoms with Crippen LogP contribution in [-0.4, -0.2) is 31.1 Å². The Kier molecular flexibility index (Phi) is 9.08. The van der Waals surface area contributed by atoms with Crippen LogP contribution in [-0.2, 0) is 9.53 Å². The van der Waals surface area contributed by atoms with Crippen LogP contribution in [0.3, 0.4) is 0 Å². The van der Waals surface area contributed by atoms with E-state index in [0.29, 0.717) is 5.00 Å². The summed E-state index contributed by atoms with van der Waals surface area (Å²) in [6, 6.07) is 14.8. The first-order chi connectivity index (χ1) is 17.9. The summed E-state index contributed by atoms with van der Waals surface area (Å²) < 4.78 is 5.00. The molecule has 1 aromatic heterocycles. The Balaban J connectivity index is 1.61. The Hall–Kier alpha value is -3.07. The van der Waals surface area contributed by atoms with Crippen LogP contribution in [0.25, 0.3) is 10.4 Å². The van der Waals surface area contributed by atoms with Crippen LogP contribution >= 0.6 is 34.5 Å². The number of methoxy groups -OCH3 is 1. The fourth-order valence-electron chi connectivity index (χ4n) is 4.45. The van der Waals surface area contributed by atoms with Gasteiger partial charge in [-0.25, -0.2) is 9.59 Å². The SMILES string of the molecule is COC(=O)[C@@H](NC(=O)c1cc(-c2ccccc2)sc1NC(=O)Nc1c(Cl)cccc1Cl)C1CCCCC1. The molecule has 0 bridgehead atoms. The fourth-order valence-corrected chi connectivity index (χ4v) is 5.99. The third-order valence-corrected chi connectivity index (χ3v) is 8.06. The van der Waals surface area contributed by atoms with Crippen molar-refractivity contribution in [3.8, 4) is 10.4 Å². The standard InChI is InChI=1S/C27H27Cl2N3O4S/c1-36-26(34)22(17-11-6-3-7-12-17)30-24(33)18-15-21(16-9-4-2-5-10-16)37-25(18)32-27(35)31-23-19(28)13-8-14-20(23)29/h2,4-5,8-10,13-15,17,22H,3,6-7,11-12H2,1H3,(H,30,33)(H2,31,32,35)/t22-/m0/s1. The van der Waals surface area contributed by atoms with E-state index < -0.39 is 23.9 Å². The summed E-state index contributed by atoms with van der Waals surface area (Å²) in [5, 5.41) is 9.17. The number of anilines is 2. The summed E-state index contributed by atoms with van der Waals surface area (Å²) >= 11 is 13.6. The zero-order chi connectivity index (χ0) is 26.4. The normalized spacial score (nSPS) is 14.5. The molecule has 0 unspecified atom stereocenters. The maximum atomic E-state index is 13.5. The topological polar surface area (TPSA) is 96.5 Å². The summed E-state index contributed by atoms with van der Waals surface area (Å²) in [7, 11) is 1.32. The Morgan fingerprint density at radius 1 is 0.946 bits per heavy atom. The van der Waals surface area contributed by atoms with E-state index in [1.54, 1.807) is 24.3 Å². The average molecular weight is 561 g/mol. The van der Waals surface area contributed by atoms with Crippen molar-refractivity contribution in [2.75, 3.05) is 17.7 Å². The van der Waals surface area contributed by atoms with Crippen molar-refractivity contribution in [1.82, 2.24) is 5.32 Å². The summed E-state index contributed by atoms with van der Waals surface area (Å²) in [5.41, 5.74) is 1.40. The number of carbonyl (C=O) groups excluding carboxylic acids is 3. The van der Waals surface area contributed by atoms with E-state index in [-0.39, 0.29) is 27.2 Å². The predicted octanol–water partition coefficient (Wildman–Crippen LogP) is 7.22. The highest BCUT2D eigenvalue weighted by Crippen LogP contribution is 2.37. The predicted molar refractivity (Wildman–Crippen MR) is 149 cm³/mol. The monoisotopic (exact) mass is 559 g/mol. The molecule has 1 aliphatic carbocycles. The molecule has 1 atom stereocenters. The van der Waals surface area contributed by atoms with Gasteiger partial charge in [0, 0.05) is 4.88 Å². The smallest absolute Gasteiger partial charge is 0.328 e. The molecule has 0 spiro atoms. The number of nitrogens with one attached hydrogen (secondary N) is 3. The Morgan fingerprint density at radius 2 is 1.62 bits per heavy atom. The lowest BCUT2D eigenvalue weighted by Gasteiger charge is -2.29. The van der Waals surface area contributed by atoms with Gasteiger partial charge in [-0.3, -0.25) is 10.1 Å². The molecule has 1 aliphatic rings. The van der Waals surface area contributed by atoms with Gasteiger partial charge in [0.15, 0.2) is 0 Å². The van der Waals surface area contributed by atoms with Gasteiger partial charge >= 0.3 is 12.0 Å². The van der Waals surface area contributed by atoms with E-state index in [2.05, 4.69) is 16.0 Å². The maximum absolute atomic E-state index is 13.5. The van der Waals surface area contributed by atoms with Gasteiger partial charge in [-0.15, -0.1) is 11.3 Å². The van der Waals surface area contributed by atoms with Crippen molar-refractivity contribution in [3.63, 3.8) is 0 Å². The second-order valence-corrected chi connectivity index (χ2v) is 10.6. The summed E-state index contributed by atoms with van der Waals surface area (Å²) in [5.74, 6) is -0.940. The average Bonchev–Trinajstić information content (AvgIpc) is 3.33. The van der Waals surface area contributed by atoms with Gasteiger partial charge in [-0.2, -0.15) is 0 Å². The number of hydrogen-bond donors (Lipinski definition) is 3. The fraction of sp³-hybridized carbons (Fsp3) is 0.296. The molecule has 7 nitrogen and oxygen atoms in total. The maximum Gasteiger partial charge on any atom is 0.328 e. The van der Waals surface area contributed by atoms with Crippen molar-refractivity contribution >= 4 is 63.1 Å². The lowest BCUT2D eigenvalue weighted by Crippen LogP contribution is -2.47. The number of urea groups is 1. The van der Waals surface area contributed by atoms with E-state index in [1.165, 1.54) is 18.4 Å². The molecule has 0 saturated heterocycles. The minimum atomic E-state index is -0.763. The van der Waals surface area contributed by atoms with E-state index in [4.69, 9.17) is 27.9 Å². The number of rotatable bonds is 7. The first-order valence-corrected chi connectivity index (χ1v) is 13.5. The van der Waals surface area contributed by atoms with Crippen LogP contribution in [0.5, 0.6) is 0 Å². The molecular weight excluding hydrogens is 533 g/mol. The minimum Gasteiger partial charge on any atom is -0.467 e. The van der Waals surface area contributed by atoms with Gasteiger partial charge in [0.05, 0.1) is 28.4 Å². The third kappa shape index (κ3) is 6.63. The lowest BCUT2D eigenvalue weighted by atomic mass is 9.83. The van der Waals surface area contributed by atoms with Gasteiger partial charge < -0.3 is 15.4 Å². The van der Waals surface area contributed by atoms with Gasteiger partial charge in [0.1, 0.15) is 11.0 Å². The van der Waals surface area contributed by atoms with Crippen molar-refractivity contribution in [2.24, 2.45) is 5.92 Å². The molecule has 37 heavy (non-hydrogen) atoms. The number of benzene rings is 2. The van der Waals surface area contributed by atoms with E-state index >= 15 is 0 Å². The van der Waals surface area contributed by atoms with Crippen molar-refractivity contribution in [3.05, 3.63) is 70.2 Å². The molecule has 1 saturated carbocycles. The molecule has 3 aromatic rings. The number of carbonyl (C=O) groups is 3. The van der Waals surface area contributed by atoms with Gasteiger partial charge in [-0.05, 0) is 42.5 Å². The Labute approximate surface area is 229 Å². The minimum absolute atomic E-state index is 0.000508. The van der Waals surface area contributed by atoms with Gasteiger partial charge in [0.2, 0.25) is 0 Å². The van der Waals surface area contributed by atoms with Crippen molar-refractivity contribution in [2.45, 2.75) is 38.1 Å². The highest BCUT2D eigenvalue weighted by atomic mass is 35.5. The van der Waals surface area contributed by atoms with Crippen LogP contribution in [0.15, 0.2) is 54.6 Å². The van der Waals surface area contributed by atoms with Crippen molar-refractivity contribution < 1.29 is 19.1 Å². The van der Waals surface area contributed by atoms with Crippen LogP contribution in [0.1, 0.15) is 42.5 Å². The summed E-state index contributed by atoms with van der Waals surface area (Å²) in [6.07, 6.45) is 4.79. The zero-order valence-electron chi connectivity index (χ0n) is 20.2. The molecule has 4 rings (SSSR count). The molecule has 0 aliphatic heterocycles. The molecule has 3 amide bonds. The molecule has 194 valence electrons. The number of ether oxygens (including phenoxy) is 1. The van der Waals surface area contributed by atoms with E-state index in [0.717, 1.165) is 42.5 Å². The van der Waals surface area contributed by atoms with Gasteiger partial charge in [-0.1, -0.05) is 78.9 Å². The highest BCUT2D eigenvalue weighted by Gasteiger charge is 2.33. The second kappa shape index (κ2) is 12.4. The number of esters is 1. The highest BCUT2D eigenvalue weighted by molar-refractivity contribution is 7.20. The number of hydrogen-bond acceptors (Lipinski definition) is 5. The first-order valence-electron chi connectivity index (χ1n) is 12.0.